The Morgan fingerprint density at radius 2 is 1.59 bits per heavy atom. The average molecular weight is 367 g/mol. The maximum Gasteiger partial charge on any atom is 0.244 e. The Bertz CT molecular complexity index is 819. The third-order valence-electron chi connectivity index (χ3n) is 4.54. The van der Waals surface area contributed by atoms with E-state index in [0.717, 1.165) is 22.5 Å². The molecule has 2 amide bonds. The number of hydrogen-bond acceptors (Lipinski definition) is 2. The second-order valence-corrected chi connectivity index (χ2v) is 8.16. The highest BCUT2D eigenvalue weighted by Gasteiger charge is 2.24. The summed E-state index contributed by atoms with van der Waals surface area (Å²) in [5, 5.41) is 2.97. The van der Waals surface area contributed by atoms with E-state index >= 15 is 0 Å². The van der Waals surface area contributed by atoms with Gasteiger partial charge < -0.3 is 10.2 Å². The quantitative estimate of drug-likeness (QED) is 0.800. The van der Waals surface area contributed by atoms with Gasteiger partial charge >= 0.3 is 0 Å². The highest BCUT2D eigenvalue weighted by molar-refractivity contribution is 6.02. The van der Waals surface area contributed by atoms with Crippen molar-refractivity contribution in [3.05, 3.63) is 59.7 Å². The summed E-state index contributed by atoms with van der Waals surface area (Å²) < 4.78 is 0. The standard InChI is InChI=1S/C23H30N2O2/c1-16(2)18-11-7-9-13-20(18)24-22(27)15-25(17(3)26)21-14-10-8-12-19(21)23(4,5)6/h7-14,16H,15H2,1-6H3,(H,24,27). The maximum absolute atomic E-state index is 12.7. The van der Waals surface area contributed by atoms with Crippen molar-refractivity contribution in [2.45, 2.75) is 52.9 Å². The summed E-state index contributed by atoms with van der Waals surface area (Å²) in [5.74, 6) is -0.0620. The Balaban J connectivity index is 2.29. The predicted molar refractivity (Wildman–Crippen MR) is 112 cm³/mol. The molecule has 0 radical (unpaired) electrons. The monoisotopic (exact) mass is 366 g/mol. The molecule has 27 heavy (non-hydrogen) atoms. The van der Waals surface area contributed by atoms with Crippen molar-refractivity contribution in [3.8, 4) is 0 Å². The molecule has 144 valence electrons. The van der Waals surface area contributed by atoms with E-state index in [-0.39, 0.29) is 23.8 Å². The maximum atomic E-state index is 12.7. The molecule has 0 saturated carbocycles. The summed E-state index contributed by atoms with van der Waals surface area (Å²) in [6.45, 7) is 12.0. The van der Waals surface area contributed by atoms with Crippen molar-refractivity contribution in [1.29, 1.82) is 0 Å². The Kier molecular flexibility index (Phi) is 6.42. The molecule has 0 heterocycles. The third kappa shape index (κ3) is 5.19. The lowest BCUT2D eigenvalue weighted by Crippen LogP contribution is -2.38. The van der Waals surface area contributed by atoms with E-state index in [1.54, 1.807) is 4.90 Å². The number of nitrogens with zero attached hydrogens (tertiary/aromatic N) is 1. The normalized spacial score (nSPS) is 11.4. The largest absolute Gasteiger partial charge is 0.324 e. The van der Waals surface area contributed by atoms with Crippen molar-refractivity contribution < 1.29 is 9.59 Å². The van der Waals surface area contributed by atoms with Crippen molar-refractivity contribution >= 4 is 23.2 Å². The minimum absolute atomic E-state index is 0.0190. The molecule has 0 aliphatic heterocycles. The first-order chi connectivity index (χ1) is 12.6. The Morgan fingerprint density at radius 1 is 1.00 bits per heavy atom. The van der Waals surface area contributed by atoms with Gasteiger partial charge in [0.15, 0.2) is 0 Å². The van der Waals surface area contributed by atoms with Gasteiger partial charge in [-0.05, 0) is 34.6 Å². The fourth-order valence-corrected chi connectivity index (χ4v) is 3.16. The fourth-order valence-electron chi connectivity index (χ4n) is 3.16. The summed E-state index contributed by atoms with van der Waals surface area (Å²) in [7, 11) is 0. The van der Waals surface area contributed by atoms with Crippen LogP contribution in [-0.4, -0.2) is 18.4 Å². The Labute approximate surface area is 162 Å². The van der Waals surface area contributed by atoms with Crippen LogP contribution in [0, 0.1) is 0 Å². The van der Waals surface area contributed by atoms with Crippen LogP contribution in [0.4, 0.5) is 11.4 Å². The lowest BCUT2D eigenvalue weighted by atomic mass is 9.85. The predicted octanol–water partition coefficient (Wildman–Crippen LogP) is 5.10. The number of carbonyl (C=O) groups excluding carboxylic acids is 2. The van der Waals surface area contributed by atoms with Crippen LogP contribution in [0.3, 0.4) is 0 Å². The second-order valence-electron chi connectivity index (χ2n) is 8.16. The van der Waals surface area contributed by atoms with Crippen LogP contribution in [0.5, 0.6) is 0 Å². The molecule has 4 nitrogen and oxygen atoms in total. The zero-order valence-corrected chi connectivity index (χ0v) is 17.2. The number of benzene rings is 2. The van der Waals surface area contributed by atoms with Gasteiger partial charge in [0.1, 0.15) is 6.54 Å². The van der Waals surface area contributed by atoms with Crippen LogP contribution in [0.25, 0.3) is 0 Å². The minimum Gasteiger partial charge on any atom is -0.324 e. The molecular weight excluding hydrogens is 336 g/mol. The molecule has 0 atom stereocenters. The molecule has 0 fully saturated rings. The van der Waals surface area contributed by atoms with E-state index in [1.807, 2.05) is 48.5 Å². The Morgan fingerprint density at radius 3 is 2.19 bits per heavy atom. The van der Waals surface area contributed by atoms with Crippen LogP contribution < -0.4 is 10.2 Å². The van der Waals surface area contributed by atoms with Crippen molar-refractivity contribution in [2.24, 2.45) is 0 Å². The van der Waals surface area contributed by atoms with Crippen LogP contribution in [0.15, 0.2) is 48.5 Å². The van der Waals surface area contributed by atoms with Gasteiger partial charge in [-0.2, -0.15) is 0 Å². The van der Waals surface area contributed by atoms with E-state index in [4.69, 9.17) is 0 Å². The van der Waals surface area contributed by atoms with Gasteiger partial charge in [-0.15, -0.1) is 0 Å². The first kappa shape index (κ1) is 20.7. The molecule has 1 N–H and O–H groups in total. The van der Waals surface area contributed by atoms with Crippen LogP contribution in [0.2, 0.25) is 0 Å². The number of hydrogen-bond donors (Lipinski definition) is 1. The summed E-state index contributed by atoms with van der Waals surface area (Å²) in [6, 6.07) is 15.5. The smallest absolute Gasteiger partial charge is 0.244 e. The van der Waals surface area contributed by atoms with E-state index in [0.29, 0.717) is 5.92 Å². The summed E-state index contributed by atoms with van der Waals surface area (Å²) >= 11 is 0. The zero-order chi connectivity index (χ0) is 20.2. The highest BCUT2D eigenvalue weighted by Crippen LogP contribution is 2.32. The number of para-hydroxylation sites is 2. The molecule has 2 aromatic rings. The van der Waals surface area contributed by atoms with Crippen LogP contribution in [0.1, 0.15) is 58.6 Å². The van der Waals surface area contributed by atoms with Gasteiger partial charge in [-0.25, -0.2) is 0 Å². The van der Waals surface area contributed by atoms with E-state index in [9.17, 15) is 9.59 Å². The second kappa shape index (κ2) is 8.38. The molecule has 0 aromatic heterocycles. The number of nitrogens with one attached hydrogen (secondary N) is 1. The lowest BCUT2D eigenvalue weighted by molar-refractivity contribution is -0.120. The molecule has 2 aromatic carbocycles. The average Bonchev–Trinajstić information content (AvgIpc) is 2.59. The molecule has 0 aliphatic rings. The van der Waals surface area contributed by atoms with Crippen molar-refractivity contribution in [1.82, 2.24) is 0 Å². The fraction of sp³-hybridized carbons (Fsp3) is 0.391. The number of anilines is 2. The van der Waals surface area contributed by atoms with Crippen LogP contribution in [-0.2, 0) is 15.0 Å². The highest BCUT2D eigenvalue weighted by atomic mass is 16.2. The number of rotatable bonds is 5. The summed E-state index contributed by atoms with van der Waals surface area (Å²) in [5.41, 5.74) is 3.56. The third-order valence-corrected chi connectivity index (χ3v) is 4.54. The van der Waals surface area contributed by atoms with Gasteiger partial charge in [-0.3, -0.25) is 9.59 Å². The first-order valence-corrected chi connectivity index (χ1v) is 9.37. The SMILES string of the molecule is CC(=O)N(CC(=O)Nc1ccccc1C(C)C)c1ccccc1C(C)(C)C. The lowest BCUT2D eigenvalue weighted by Gasteiger charge is -2.29. The van der Waals surface area contributed by atoms with E-state index in [1.165, 1.54) is 6.92 Å². The van der Waals surface area contributed by atoms with Crippen LogP contribution >= 0.6 is 0 Å². The zero-order valence-electron chi connectivity index (χ0n) is 17.2. The topological polar surface area (TPSA) is 49.4 Å². The Hall–Kier alpha value is -2.62. The molecule has 0 spiro atoms. The van der Waals surface area contributed by atoms with E-state index < -0.39 is 0 Å². The number of amides is 2. The minimum atomic E-state index is -0.206. The van der Waals surface area contributed by atoms with Gasteiger partial charge in [0.05, 0.1) is 0 Å². The number of carbonyl (C=O) groups is 2. The van der Waals surface area contributed by atoms with Gasteiger partial charge in [0, 0.05) is 18.3 Å². The van der Waals surface area contributed by atoms with Gasteiger partial charge in [-0.1, -0.05) is 71.0 Å². The van der Waals surface area contributed by atoms with E-state index in [2.05, 4.69) is 39.9 Å². The molecule has 0 saturated heterocycles. The first-order valence-electron chi connectivity index (χ1n) is 9.37. The molecule has 0 bridgehead atoms. The molecule has 0 aliphatic carbocycles. The molecule has 2 rings (SSSR count). The van der Waals surface area contributed by atoms with Gasteiger partial charge in [0.2, 0.25) is 11.8 Å². The van der Waals surface area contributed by atoms with Crippen molar-refractivity contribution in [2.75, 3.05) is 16.8 Å². The summed E-state index contributed by atoms with van der Waals surface area (Å²) in [6.07, 6.45) is 0. The molecule has 0 unspecified atom stereocenters. The summed E-state index contributed by atoms with van der Waals surface area (Å²) in [4.78, 5) is 26.6. The van der Waals surface area contributed by atoms with Crippen molar-refractivity contribution in [3.63, 3.8) is 0 Å². The van der Waals surface area contributed by atoms with Gasteiger partial charge in [0.25, 0.3) is 0 Å². The molecule has 4 heteroatoms. The molecular formula is C23H30N2O2.